The van der Waals surface area contributed by atoms with Gasteiger partial charge >= 0.3 is 5.97 Å². The standard InChI is InChI=1S/C18H16ClN3O2/c1-10-7-8-12-16(22-15-6-4-5-14(19)11(15)2)13(18(23)24-3)9-20-17(12)21-10/h4-9H,1-3H3,(H,20,21,22). The van der Waals surface area contributed by atoms with Crippen LogP contribution in [0.15, 0.2) is 36.5 Å². The minimum absolute atomic E-state index is 0.343. The number of hydrogen-bond donors (Lipinski definition) is 1. The molecule has 3 aromatic rings. The van der Waals surface area contributed by atoms with E-state index in [9.17, 15) is 4.79 Å². The number of hydrogen-bond acceptors (Lipinski definition) is 5. The molecule has 0 fully saturated rings. The number of methoxy groups -OCH3 is 1. The summed E-state index contributed by atoms with van der Waals surface area (Å²) in [4.78, 5) is 20.8. The van der Waals surface area contributed by atoms with Gasteiger partial charge in [0.25, 0.3) is 0 Å². The first-order chi connectivity index (χ1) is 11.5. The first kappa shape index (κ1) is 16.2. The number of carbonyl (C=O) groups is 1. The Morgan fingerprint density at radius 1 is 1.21 bits per heavy atom. The molecule has 3 rings (SSSR count). The Morgan fingerprint density at radius 3 is 2.75 bits per heavy atom. The molecule has 0 amide bonds. The number of aromatic nitrogens is 2. The summed E-state index contributed by atoms with van der Waals surface area (Å²) in [5.41, 5.74) is 4.05. The van der Waals surface area contributed by atoms with Crippen LogP contribution >= 0.6 is 11.6 Å². The van der Waals surface area contributed by atoms with E-state index >= 15 is 0 Å². The molecule has 6 heteroatoms. The van der Waals surface area contributed by atoms with Crippen LogP contribution in [0.25, 0.3) is 11.0 Å². The molecule has 122 valence electrons. The first-order valence-electron chi connectivity index (χ1n) is 7.38. The van der Waals surface area contributed by atoms with Gasteiger partial charge < -0.3 is 10.1 Å². The highest BCUT2D eigenvalue weighted by Gasteiger charge is 2.18. The van der Waals surface area contributed by atoms with Crippen LogP contribution in [0, 0.1) is 13.8 Å². The van der Waals surface area contributed by atoms with E-state index in [0.717, 1.165) is 22.3 Å². The largest absolute Gasteiger partial charge is 0.465 e. The number of nitrogens with one attached hydrogen (secondary N) is 1. The molecule has 2 heterocycles. The summed E-state index contributed by atoms with van der Waals surface area (Å²) in [7, 11) is 1.34. The molecule has 2 aromatic heterocycles. The predicted molar refractivity (Wildman–Crippen MR) is 95.1 cm³/mol. The van der Waals surface area contributed by atoms with E-state index in [1.807, 2.05) is 44.2 Å². The van der Waals surface area contributed by atoms with Crippen LogP contribution in [0.5, 0.6) is 0 Å². The van der Waals surface area contributed by atoms with Crippen molar-refractivity contribution in [1.82, 2.24) is 9.97 Å². The van der Waals surface area contributed by atoms with Gasteiger partial charge in [-0.25, -0.2) is 14.8 Å². The summed E-state index contributed by atoms with van der Waals surface area (Å²) >= 11 is 6.19. The third-order valence-electron chi connectivity index (χ3n) is 3.80. The zero-order valence-electron chi connectivity index (χ0n) is 13.6. The predicted octanol–water partition coefficient (Wildman–Crippen LogP) is 4.43. The Kier molecular flexibility index (Phi) is 4.36. The van der Waals surface area contributed by atoms with E-state index in [2.05, 4.69) is 15.3 Å². The maximum atomic E-state index is 12.1. The van der Waals surface area contributed by atoms with Crippen molar-refractivity contribution in [2.75, 3.05) is 12.4 Å². The molecule has 24 heavy (non-hydrogen) atoms. The van der Waals surface area contributed by atoms with E-state index in [-0.39, 0.29) is 0 Å². The highest BCUT2D eigenvalue weighted by atomic mass is 35.5. The molecule has 0 aliphatic rings. The van der Waals surface area contributed by atoms with Crippen LogP contribution < -0.4 is 5.32 Å². The normalized spacial score (nSPS) is 10.7. The highest BCUT2D eigenvalue weighted by molar-refractivity contribution is 6.31. The number of anilines is 2. The van der Waals surface area contributed by atoms with Crippen LogP contribution in [0.1, 0.15) is 21.6 Å². The van der Waals surface area contributed by atoms with Gasteiger partial charge in [0.1, 0.15) is 5.56 Å². The van der Waals surface area contributed by atoms with Gasteiger partial charge in [-0.3, -0.25) is 0 Å². The Balaban J connectivity index is 2.22. The zero-order valence-corrected chi connectivity index (χ0v) is 14.3. The van der Waals surface area contributed by atoms with Crippen molar-refractivity contribution in [3.05, 3.63) is 58.4 Å². The molecular weight excluding hydrogens is 326 g/mol. The molecule has 1 aromatic carbocycles. The van der Waals surface area contributed by atoms with Crippen molar-refractivity contribution in [1.29, 1.82) is 0 Å². The van der Waals surface area contributed by atoms with Gasteiger partial charge in [0, 0.05) is 28.0 Å². The molecule has 0 aliphatic carbocycles. The van der Waals surface area contributed by atoms with Crippen molar-refractivity contribution in [3.63, 3.8) is 0 Å². The lowest BCUT2D eigenvalue weighted by molar-refractivity contribution is 0.0601. The third kappa shape index (κ3) is 2.90. The lowest BCUT2D eigenvalue weighted by Crippen LogP contribution is -2.08. The van der Waals surface area contributed by atoms with Gasteiger partial charge in [0.15, 0.2) is 5.65 Å². The van der Waals surface area contributed by atoms with Gasteiger partial charge in [0.05, 0.1) is 12.8 Å². The summed E-state index contributed by atoms with van der Waals surface area (Å²) < 4.78 is 4.88. The van der Waals surface area contributed by atoms with Crippen LogP contribution in [-0.4, -0.2) is 23.0 Å². The molecule has 0 saturated heterocycles. The molecule has 0 aliphatic heterocycles. The minimum atomic E-state index is -0.466. The van der Waals surface area contributed by atoms with E-state index in [4.69, 9.17) is 16.3 Å². The van der Waals surface area contributed by atoms with E-state index in [1.165, 1.54) is 13.3 Å². The Labute approximate surface area is 144 Å². The topological polar surface area (TPSA) is 64.1 Å². The molecule has 0 saturated carbocycles. The molecule has 5 nitrogen and oxygen atoms in total. The fourth-order valence-electron chi connectivity index (χ4n) is 2.45. The Morgan fingerprint density at radius 2 is 2.00 bits per heavy atom. The molecular formula is C18H16ClN3O2. The van der Waals surface area contributed by atoms with Crippen molar-refractivity contribution < 1.29 is 9.53 Å². The number of rotatable bonds is 3. The molecule has 0 bridgehead atoms. The quantitative estimate of drug-likeness (QED) is 0.714. The number of nitrogens with zero attached hydrogens (tertiary/aromatic N) is 2. The van der Waals surface area contributed by atoms with Crippen LogP contribution in [0.3, 0.4) is 0 Å². The van der Waals surface area contributed by atoms with Gasteiger partial charge in [-0.15, -0.1) is 0 Å². The molecule has 0 spiro atoms. The number of halogens is 1. The second kappa shape index (κ2) is 6.45. The zero-order chi connectivity index (χ0) is 17.3. The maximum absolute atomic E-state index is 12.1. The molecule has 1 N–H and O–H groups in total. The number of fused-ring (bicyclic) bond motifs is 1. The summed E-state index contributed by atoms with van der Waals surface area (Å²) in [6.45, 7) is 3.80. The van der Waals surface area contributed by atoms with Crippen molar-refractivity contribution in [3.8, 4) is 0 Å². The fraction of sp³-hybridized carbons (Fsp3) is 0.167. The number of ether oxygens (including phenoxy) is 1. The molecule has 0 unspecified atom stereocenters. The average Bonchev–Trinajstić information content (AvgIpc) is 2.58. The van der Waals surface area contributed by atoms with E-state index < -0.39 is 5.97 Å². The smallest absolute Gasteiger partial charge is 0.341 e. The fourth-order valence-corrected chi connectivity index (χ4v) is 2.62. The van der Waals surface area contributed by atoms with Gasteiger partial charge in [-0.1, -0.05) is 17.7 Å². The average molecular weight is 342 g/mol. The summed E-state index contributed by atoms with van der Waals surface area (Å²) in [5, 5.41) is 4.68. The first-order valence-corrected chi connectivity index (χ1v) is 7.76. The Bertz CT molecular complexity index is 941. The molecule has 0 radical (unpaired) electrons. The van der Waals surface area contributed by atoms with Crippen molar-refractivity contribution in [2.45, 2.75) is 13.8 Å². The summed E-state index contributed by atoms with van der Waals surface area (Å²) in [6.07, 6.45) is 1.48. The van der Waals surface area contributed by atoms with Gasteiger partial charge in [-0.2, -0.15) is 0 Å². The van der Waals surface area contributed by atoms with E-state index in [0.29, 0.717) is 21.9 Å². The van der Waals surface area contributed by atoms with Crippen molar-refractivity contribution >= 4 is 40.0 Å². The lowest BCUT2D eigenvalue weighted by Gasteiger charge is -2.15. The van der Waals surface area contributed by atoms with Gasteiger partial charge in [-0.05, 0) is 43.7 Å². The van der Waals surface area contributed by atoms with Gasteiger partial charge in [0.2, 0.25) is 0 Å². The summed E-state index contributed by atoms with van der Waals surface area (Å²) in [6, 6.07) is 9.33. The number of benzene rings is 1. The second-order valence-electron chi connectivity index (χ2n) is 5.40. The molecule has 0 atom stereocenters. The van der Waals surface area contributed by atoms with Crippen LogP contribution in [0.2, 0.25) is 5.02 Å². The number of pyridine rings is 2. The number of aryl methyl sites for hydroxylation is 1. The monoisotopic (exact) mass is 341 g/mol. The lowest BCUT2D eigenvalue weighted by atomic mass is 10.1. The third-order valence-corrected chi connectivity index (χ3v) is 4.21. The minimum Gasteiger partial charge on any atom is -0.465 e. The van der Waals surface area contributed by atoms with Crippen molar-refractivity contribution in [2.24, 2.45) is 0 Å². The SMILES string of the molecule is COC(=O)c1cnc2nc(C)ccc2c1Nc1cccc(Cl)c1C. The Hall–Kier alpha value is -2.66. The second-order valence-corrected chi connectivity index (χ2v) is 5.81. The van der Waals surface area contributed by atoms with Crippen LogP contribution in [-0.2, 0) is 4.74 Å². The highest BCUT2D eigenvalue weighted by Crippen LogP contribution is 2.32. The maximum Gasteiger partial charge on any atom is 0.341 e. The number of esters is 1. The number of carbonyl (C=O) groups excluding carboxylic acids is 1. The van der Waals surface area contributed by atoms with E-state index in [1.54, 1.807) is 0 Å². The summed E-state index contributed by atoms with van der Waals surface area (Å²) in [5.74, 6) is -0.466. The van der Waals surface area contributed by atoms with Crippen LogP contribution in [0.4, 0.5) is 11.4 Å².